The molecule has 1 aromatic carbocycles. The second-order valence-corrected chi connectivity index (χ2v) is 5.00. The summed E-state index contributed by atoms with van der Waals surface area (Å²) >= 11 is 0. The Morgan fingerprint density at radius 1 is 1.36 bits per heavy atom. The quantitative estimate of drug-likeness (QED) is 0.690. The van der Waals surface area contributed by atoms with E-state index in [1.165, 1.54) is 6.07 Å². The Kier molecular flexibility index (Phi) is 7.59. The molecule has 0 aliphatic carbocycles. The lowest BCUT2D eigenvalue weighted by Gasteiger charge is -2.14. The van der Waals surface area contributed by atoms with Crippen LogP contribution >= 0.6 is 0 Å². The number of benzene rings is 1. The van der Waals surface area contributed by atoms with Gasteiger partial charge in [-0.05, 0) is 19.4 Å². The summed E-state index contributed by atoms with van der Waals surface area (Å²) < 4.78 is 29.1. The summed E-state index contributed by atoms with van der Waals surface area (Å²) in [7, 11) is 0. The summed E-state index contributed by atoms with van der Waals surface area (Å²) in [5.74, 6) is 0.0342. The lowest BCUT2D eigenvalue weighted by atomic mass is 10.1. The third kappa shape index (κ3) is 6.71. The molecule has 0 bridgehead atoms. The maximum absolute atomic E-state index is 12.3. The van der Waals surface area contributed by atoms with E-state index in [1.54, 1.807) is 12.1 Å². The third-order valence-electron chi connectivity index (χ3n) is 2.99. The van der Waals surface area contributed by atoms with Crippen LogP contribution < -0.4 is 15.4 Å². The lowest BCUT2D eigenvalue weighted by Crippen LogP contribution is -2.39. The van der Waals surface area contributed by atoms with E-state index in [1.807, 2.05) is 13.8 Å². The summed E-state index contributed by atoms with van der Waals surface area (Å²) in [6, 6.07) is 4.30. The van der Waals surface area contributed by atoms with Crippen LogP contribution in [0.15, 0.2) is 18.2 Å². The zero-order valence-corrected chi connectivity index (χ0v) is 12.7. The highest BCUT2D eigenvalue weighted by molar-refractivity contribution is 5.73. The van der Waals surface area contributed by atoms with E-state index in [2.05, 4.69) is 15.4 Å². The molecule has 0 radical (unpaired) electrons. The number of hydrogen-bond acceptors (Lipinski definition) is 3. The average Bonchev–Trinajstić information content (AvgIpc) is 2.45. The van der Waals surface area contributed by atoms with Gasteiger partial charge >= 0.3 is 12.6 Å². The van der Waals surface area contributed by atoms with E-state index in [0.29, 0.717) is 12.0 Å². The minimum Gasteiger partial charge on any atom is -0.434 e. The molecule has 0 spiro atoms. The van der Waals surface area contributed by atoms with Gasteiger partial charge in [-0.15, -0.1) is 0 Å². The fourth-order valence-corrected chi connectivity index (χ4v) is 1.94. The molecule has 7 heteroatoms. The van der Waals surface area contributed by atoms with Gasteiger partial charge in [-0.25, -0.2) is 4.79 Å². The van der Waals surface area contributed by atoms with E-state index in [-0.39, 0.29) is 18.8 Å². The lowest BCUT2D eigenvalue weighted by molar-refractivity contribution is -0.0504. The van der Waals surface area contributed by atoms with Crippen LogP contribution in [0.3, 0.4) is 0 Å². The van der Waals surface area contributed by atoms with Crippen molar-refractivity contribution in [1.29, 1.82) is 0 Å². The monoisotopic (exact) mass is 316 g/mol. The minimum atomic E-state index is -2.92. The Hall–Kier alpha value is -1.89. The minimum absolute atomic E-state index is 0.0342. The number of urea groups is 1. The van der Waals surface area contributed by atoms with E-state index in [4.69, 9.17) is 0 Å². The fraction of sp³-hybridized carbons (Fsp3) is 0.533. The van der Waals surface area contributed by atoms with Crippen molar-refractivity contribution < 1.29 is 23.4 Å². The number of carbonyl (C=O) groups excluding carboxylic acids is 1. The van der Waals surface area contributed by atoms with Gasteiger partial charge in [0.15, 0.2) is 0 Å². The molecule has 3 N–H and O–H groups in total. The zero-order valence-electron chi connectivity index (χ0n) is 12.7. The van der Waals surface area contributed by atoms with Crippen LogP contribution in [-0.2, 0) is 6.54 Å². The Morgan fingerprint density at radius 3 is 2.73 bits per heavy atom. The fourth-order valence-electron chi connectivity index (χ4n) is 1.94. The molecule has 1 aromatic rings. The number of aryl methyl sites for hydroxylation is 1. The molecule has 1 rings (SSSR count). The standard InChI is InChI=1S/C15H22F2N2O3/c1-3-4-12(20)9-19-15(21)18-8-11-7-10(2)5-6-13(11)22-14(16)17/h5-7,12,14,20H,3-4,8-9H2,1-2H3,(H2,18,19,21). The van der Waals surface area contributed by atoms with Crippen molar-refractivity contribution in [3.8, 4) is 5.75 Å². The molecule has 5 nitrogen and oxygen atoms in total. The highest BCUT2D eigenvalue weighted by atomic mass is 19.3. The Morgan fingerprint density at radius 2 is 2.09 bits per heavy atom. The molecule has 0 aliphatic heterocycles. The van der Waals surface area contributed by atoms with Crippen LogP contribution in [0.2, 0.25) is 0 Å². The van der Waals surface area contributed by atoms with Gasteiger partial charge in [-0.3, -0.25) is 0 Å². The van der Waals surface area contributed by atoms with Crippen LogP contribution in [0.5, 0.6) is 5.75 Å². The number of carbonyl (C=O) groups is 1. The first-order valence-electron chi connectivity index (χ1n) is 7.16. The largest absolute Gasteiger partial charge is 0.434 e. The molecule has 1 unspecified atom stereocenters. The molecule has 0 aliphatic rings. The van der Waals surface area contributed by atoms with Crippen molar-refractivity contribution in [3.63, 3.8) is 0 Å². The normalized spacial score (nSPS) is 12.1. The van der Waals surface area contributed by atoms with Crippen molar-refractivity contribution >= 4 is 6.03 Å². The maximum atomic E-state index is 12.3. The molecule has 1 atom stereocenters. The molecule has 0 aromatic heterocycles. The van der Waals surface area contributed by atoms with Gasteiger partial charge in [0.1, 0.15) is 5.75 Å². The summed E-state index contributed by atoms with van der Waals surface area (Å²) in [6.45, 7) is 1.04. The highest BCUT2D eigenvalue weighted by Crippen LogP contribution is 2.21. The first-order valence-corrected chi connectivity index (χ1v) is 7.16. The number of amides is 2. The second kappa shape index (κ2) is 9.19. The van der Waals surface area contributed by atoms with Crippen LogP contribution in [0.1, 0.15) is 30.9 Å². The van der Waals surface area contributed by atoms with Crippen LogP contribution in [0.25, 0.3) is 0 Å². The molecule has 0 saturated carbocycles. The Bertz CT molecular complexity index is 484. The smallest absolute Gasteiger partial charge is 0.387 e. The number of nitrogens with one attached hydrogen (secondary N) is 2. The molecule has 124 valence electrons. The first-order chi connectivity index (χ1) is 10.4. The first kappa shape index (κ1) is 18.2. The highest BCUT2D eigenvalue weighted by Gasteiger charge is 2.11. The third-order valence-corrected chi connectivity index (χ3v) is 2.99. The van der Waals surface area contributed by atoms with Crippen molar-refractivity contribution in [2.24, 2.45) is 0 Å². The SMILES string of the molecule is CCCC(O)CNC(=O)NCc1cc(C)ccc1OC(F)F. The predicted octanol–water partition coefficient (Wildman–Crippen LogP) is 2.56. The molecule has 22 heavy (non-hydrogen) atoms. The number of aliphatic hydroxyl groups is 1. The number of alkyl halides is 2. The van der Waals surface area contributed by atoms with Crippen molar-refractivity contribution in [3.05, 3.63) is 29.3 Å². The number of ether oxygens (including phenoxy) is 1. The van der Waals surface area contributed by atoms with E-state index in [0.717, 1.165) is 12.0 Å². The molecular formula is C15H22F2N2O3. The van der Waals surface area contributed by atoms with Crippen molar-refractivity contribution in [2.45, 2.75) is 45.9 Å². The second-order valence-electron chi connectivity index (χ2n) is 5.00. The van der Waals surface area contributed by atoms with Gasteiger partial charge in [-0.1, -0.05) is 31.0 Å². The maximum Gasteiger partial charge on any atom is 0.387 e. The Labute approximate surface area is 128 Å². The van der Waals surface area contributed by atoms with Gasteiger partial charge in [-0.2, -0.15) is 8.78 Å². The van der Waals surface area contributed by atoms with Crippen molar-refractivity contribution in [1.82, 2.24) is 10.6 Å². The average molecular weight is 316 g/mol. The zero-order chi connectivity index (χ0) is 16.5. The summed E-state index contributed by atoms with van der Waals surface area (Å²) in [5, 5.41) is 14.6. The van der Waals surface area contributed by atoms with Gasteiger partial charge in [0, 0.05) is 18.7 Å². The van der Waals surface area contributed by atoms with Gasteiger partial charge in [0.05, 0.1) is 6.10 Å². The topological polar surface area (TPSA) is 70.6 Å². The molecule has 2 amide bonds. The van der Waals surface area contributed by atoms with Gasteiger partial charge in [0.25, 0.3) is 0 Å². The van der Waals surface area contributed by atoms with Crippen LogP contribution in [0.4, 0.5) is 13.6 Å². The van der Waals surface area contributed by atoms with Crippen molar-refractivity contribution in [2.75, 3.05) is 6.54 Å². The molecule has 0 heterocycles. The van der Waals surface area contributed by atoms with E-state index < -0.39 is 18.7 Å². The number of aliphatic hydroxyl groups excluding tert-OH is 1. The van der Waals surface area contributed by atoms with Gasteiger partial charge in [0.2, 0.25) is 0 Å². The summed E-state index contributed by atoms with van der Waals surface area (Å²) in [4.78, 5) is 11.6. The summed E-state index contributed by atoms with van der Waals surface area (Å²) in [5.41, 5.74) is 1.33. The van der Waals surface area contributed by atoms with E-state index >= 15 is 0 Å². The van der Waals surface area contributed by atoms with Crippen LogP contribution in [-0.4, -0.2) is 30.4 Å². The molecule has 0 fully saturated rings. The molecular weight excluding hydrogens is 294 g/mol. The number of rotatable bonds is 8. The number of halogens is 2. The Balaban J connectivity index is 2.52. The molecule has 0 saturated heterocycles. The van der Waals surface area contributed by atoms with Gasteiger partial charge < -0.3 is 20.5 Å². The van der Waals surface area contributed by atoms with Crippen LogP contribution in [0, 0.1) is 6.92 Å². The predicted molar refractivity (Wildman–Crippen MR) is 79.0 cm³/mol. The summed E-state index contributed by atoms with van der Waals surface area (Å²) in [6.07, 6.45) is 0.833. The number of hydrogen-bond donors (Lipinski definition) is 3. The van der Waals surface area contributed by atoms with E-state index in [9.17, 15) is 18.7 Å².